The normalized spacial score (nSPS) is 10.1. The number of hydrogen-bond donors (Lipinski definition) is 2. The number of aromatic nitrogens is 1. The van der Waals surface area contributed by atoms with Crippen molar-refractivity contribution in [2.75, 3.05) is 5.32 Å². The van der Waals surface area contributed by atoms with Crippen molar-refractivity contribution in [1.29, 1.82) is 0 Å². The van der Waals surface area contributed by atoms with Crippen molar-refractivity contribution in [3.63, 3.8) is 0 Å². The van der Waals surface area contributed by atoms with Gasteiger partial charge in [-0.1, -0.05) is 11.6 Å². The second-order valence-electron chi connectivity index (χ2n) is 4.20. The van der Waals surface area contributed by atoms with Crippen molar-refractivity contribution in [3.8, 4) is 0 Å². The second kappa shape index (κ2) is 5.71. The highest BCUT2D eigenvalue weighted by Gasteiger charge is 2.10. The first-order valence-electron chi connectivity index (χ1n) is 5.81. The van der Waals surface area contributed by atoms with Crippen LogP contribution < -0.4 is 11.1 Å². The number of amides is 2. The van der Waals surface area contributed by atoms with Crippen molar-refractivity contribution >= 4 is 29.1 Å². The summed E-state index contributed by atoms with van der Waals surface area (Å²) in [7, 11) is 0. The van der Waals surface area contributed by atoms with Gasteiger partial charge < -0.3 is 11.1 Å². The lowest BCUT2D eigenvalue weighted by Gasteiger charge is -2.07. The Balaban J connectivity index is 2.21. The molecule has 6 heteroatoms. The Labute approximate surface area is 120 Å². The first-order chi connectivity index (χ1) is 9.47. The fourth-order valence-electron chi connectivity index (χ4n) is 1.60. The molecule has 3 N–H and O–H groups in total. The van der Waals surface area contributed by atoms with E-state index in [-0.39, 0.29) is 16.5 Å². The van der Waals surface area contributed by atoms with Crippen LogP contribution in [0.5, 0.6) is 0 Å². The highest BCUT2D eigenvalue weighted by Crippen LogP contribution is 2.20. The van der Waals surface area contributed by atoms with Gasteiger partial charge in [-0.3, -0.25) is 14.6 Å². The third kappa shape index (κ3) is 3.13. The molecular formula is C14H12ClN3O2. The number of benzene rings is 1. The molecule has 0 aliphatic rings. The van der Waals surface area contributed by atoms with Gasteiger partial charge in [-0.05, 0) is 37.3 Å². The SMILES string of the molecule is Cc1ccc(C(=O)Nc2ccc(Cl)c(C(N)=O)c2)cn1. The molecule has 102 valence electrons. The standard InChI is InChI=1S/C14H12ClN3O2/c1-8-2-3-9(7-17-8)14(20)18-10-4-5-12(15)11(6-10)13(16)19/h2-7H,1H3,(H2,16,19)(H,18,20). The number of aryl methyl sites for hydroxylation is 1. The summed E-state index contributed by atoms with van der Waals surface area (Å²) in [5, 5.41) is 2.90. The fraction of sp³-hybridized carbons (Fsp3) is 0.0714. The van der Waals surface area contributed by atoms with Crippen LogP contribution in [0.25, 0.3) is 0 Å². The minimum absolute atomic E-state index is 0.159. The summed E-state index contributed by atoms with van der Waals surface area (Å²) in [6, 6.07) is 7.94. The zero-order chi connectivity index (χ0) is 14.7. The molecule has 0 aliphatic heterocycles. The van der Waals surface area contributed by atoms with Gasteiger partial charge in [0.05, 0.1) is 16.1 Å². The number of primary amides is 1. The van der Waals surface area contributed by atoms with E-state index >= 15 is 0 Å². The zero-order valence-electron chi connectivity index (χ0n) is 10.7. The van der Waals surface area contributed by atoms with Gasteiger partial charge in [-0.25, -0.2) is 0 Å². The number of rotatable bonds is 3. The number of nitrogens with two attached hydrogens (primary N) is 1. The quantitative estimate of drug-likeness (QED) is 0.910. The van der Waals surface area contributed by atoms with Crippen LogP contribution in [0.3, 0.4) is 0 Å². The molecule has 0 saturated heterocycles. The van der Waals surface area contributed by atoms with E-state index in [0.29, 0.717) is 11.3 Å². The van der Waals surface area contributed by atoms with E-state index in [1.54, 1.807) is 18.2 Å². The van der Waals surface area contributed by atoms with Crippen LogP contribution in [0.15, 0.2) is 36.5 Å². The van der Waals surface area contributed by atoms with Crippen LogP contribution >= 0.6 is 11.6 Å². The summed E-state index contributed by atoms with van der Waals surface area (Å²) in [6.07, 6.45) is 1.48. The Bertz CT molecular complexity index is 669. The first kappa shape index (κ1) is 14.0. The van der Waals surface area contributed by atoms with Crippen molar-refractivity contribution in [1.82, 2.24) is 4.98 Å². The maximum Gasteiger partial charge on any atom is 0.257 e. The van der Waals surface area contributed by atoms with E-state index in [9.17, 15) is 9.59 Å². The van der Waals surface area contributed by atoms with Gasteiger partial charge >= 0.3 is 0 Å². The number of pyridine rings is 1. The monoisotopic (exact) mass is 289 g/mol. The van der Waals surface area contributed by atoms with Crippen LogP contribution in [0.1, 0.15) is 26.4 Å². The van der Waals surface area contributed by atoms with Crippen molar-refractivity contribution < 1.29 is 9.59 Å². The Morgan fingerprint density at radius 1 is 1.25 bits per heavy atom. The number of hydrogen-bond acceptors (Lipinski definition) is 3. The molecule has 20 heavy (non-hydrogen) atoms. The van der Waals surface area contributed by atoms with Gasteiger partial charge in [0.25, 0.3) is 5.91 Å². The van der Waals surface area contributed by atoms with Crippen LogP contribution in [0.2, 0.25) is 5.02 Å². The average molecular weight is 290 g/mol. The molecule has 2 aromatic rings. The third-order valence-corrected chi connectivity index (χ3v) is 2.99. The van der Waals surface area contributed by atoms with E-state index in [2.05, 4.69) is 10.3 Å². The second-order valence-corrected chi connectivity index (χ2v) is 4.61. The molecule has 5 nitrogen and oxygen atoms in total. The van der Waals surface area contributed by atoms with Gasteiger partial charge in [-0.2, -0.15) is 0 Å². The van der Waals surface area contributed by atoms with Crippen molar-refractivity contribution in [2.24, 2.45) is 5.73 Å². The van der Waals surface area contributed by atoms with E-state index in [1.165, 1.54) is 18.3 Å². The maximum absolute atomic E-state index is 12.0. The summed E-state index contributed by atoms with van der Waals surface area (Å²) >= 11 is 5.84. The number of nitrogens with zero attached hydrogens (tertiary/aromatic N) is 1. The third-order valence-electron chi connectivity index (χ3n) is 2.66. The first-order valence-corrected chi connectivity index (χ1v) is 6.18. The molecule has 1 aromatic heterocycles. The fourth-order valence-corrected chi connectivity index (χ4v) is 1.81. The van der Waals surface area contributed by atoms with Crippen LogP contribution in [0.4, 0.5) is 5.69 Å². The van der Waals surface area contributed by atoms with Gasteiger partial charge in [0.15, 0.2) is 0 Å². The summed E-state index contributed by atoms with van der Waals surface area (Å²) < 4.78 is 0. The number of carbonyl (C=O) groups excluding carboxylic acids is 2. The number of halogens is 1. The molecular weight excluding hydrogens is 278 g/mol. The predicted molar refractivity (Wildman–Crippen MR) is 76.9 cm³/mol. The highest BCUT2D eigenvalue weighted by molar-refractivity contribution is 6.34. The van der Waals surface area contributed by atoms with Crippen LogP contribution in [-0.4, -0.2) is 16.8 Å². The van der Waals surface area contributed by atoms with Crippen LogP contribution in [0, 0.1) is 6.92 Å². The molecule has 0 atom stereocenters. The minimum atomic E-state index is -0.650. The largest absolute Gasteiger partial charge is 0.366 e. The summed E-state index contributed by atoms with van der Waals surface area (Å²) in [4.78, 5) is 27.2. The predicted octanol–water partition coefficient (Wildman–Crippen LogP) is 2.39. The van der Waals surface area contributed by atoms with Gasteiger partial charge in [0, 0.05) is 17.6 Å². The Hall–Kier alpha value is -2.40. The van der Waals surface area contributed by atoms with Gasteiger partial charge in [0.1, 0.15) is 0 Å². The molecule has 1 aromatic carbocycles. The zero-order valence-corrected chi connectivity index (χ0v) is 11.4. The number of carbonyl (C=O) groups is 2. The molecule has 2 rings (SSSR count). The minimum Gasteiger partial charge on any atom is -0.366 e. The topological polar surface area (TPSA) is 85.1 Å². The summed E-state index contributed by atoms with van der Waals surface area (Å²) in [5.41, 5.74) is 7.04. The van der Waals surface area contributed by atoms with Crippen molar-refractivity contribution in [3.05, 3.63) is 58.4 Å². The summed E-state index contributed by atoms with van der Waals surface area (Å²) in [6.45, 7) is 1.83. The Morgan fingerprint density at radius 3 is 2.60 bits per heavy atom. The molecule has 0 unspecified atom stereocenters. The van der Waals surface area contributed by atoms with E-state index in [4.69, 9.17) is 17.3 Å². The van der Waals surface area contributed by atoms with E-state index in [1.807, 2.05) is 6.92 Å². The molecule has 0 spiro atoms. The molecule has 1 heterocycles. The molecule has 0 fully saturated rings. The Kier molecular flexibility index (Phi) is 4.00. The molecule has 0 radical (unpaired) electrons. The van der Waals surface area contributed by atoms with E-state index in [0.717, 1.165) is 5.69 Å². The lowest BCUT2D eigenvalue weighted by atomic mass is 10.1. The molecule has 2 amide bonds. The lowest BCUT2D eigenvalue weighted by Crippen LogP contribution is -2.15. The Morgan fingerprint density at radius 2 is 2.00 bits per heavy atom. The maximum atomic E-state index is 12.0. The molecule has 0 saturated carbocycles. The summed E-state index contributed by atoms with van der Waals surface area (Å²) in [5.74, 6) is -0.974. The lowest BCUT2D eigenvalue weighted by molar-refractivity contribution is 0.0996. The average Bonchev–Trinajstić information content (AvgIpc) is 2.41. The van der Waals surface area contributed by atoms with Crippen molar-refractivity contribution in [2.45, 2.75) is 6.92 Å². The van der Waals surface area contributed by atoms with Gasteiger partial charge in [-0.15, -0.1) is 0 Å². The smallest absolute Gasteiger partial charge is 0.257 e. The number of anilines is 1. The molecule has 0 bridgehead atoms. The molecule has 0 aliphatic carbocycles. The van der Waals surface area contributed by atoms with Crippen LogP contribution in [-0.2, 0) is 0 Å². The highest BCUT2D eigenvalue weighted by atomic mass is 35.5. The van der Waals surface area contributed by atoms with E-state index < -0.39 is 5.91 Å². The van der Waals surface area contributed by atoms with Gasteiger partial charge in [0.2, 0.25) is 5.91 Å². The number of nitrogens with one attached hydrogen (secondary N) is 1.